The lowest BCUT2D eigenvalue weighted by Crippen LogP contribution is -2.51. The number of nitrogens with one attached hydrogen (secondary N) is 1. The van der Waals surface area contributed by atoms with E-state index in [9.17, 15) is 9.90 Å². The summed E-state index contributed by atoms with van der Waals surface area (Å²) in [7, 11) is 0. The average Bonchev–Trinajstić information content (AvgIpc) is 3.27. The van der Waals surface area contributed by atoms with E-state index in [1.165, 1.54) is 30.4 Å². The second-order valence-corrected chi connectivity index (χ2v) is 15.3. The maximum Gasteiger partial charge on any atom is 0.260 e. The van der Waals surface area contributed by atoms with Gasteiger partial charge in [-0.05, 0) is 125 Å². The summed E-state index contributed by atoms with van der Waals surface area (Å²) < 4.78 is 6.03. The van der Waals surface area contributed by atoms with Crippen LogP contribution in [0.15, 0.2) is 47.1 Å². The molecule has 2 N–H and O–H groups in total. The molecule has 1 aromatic rings. The van der Waals surface area contributed by atoms with Gasteiger partial charge in [0.2, 0.25) is 0 Å². The first-order valence-electron chi connectivity index (χ1n) is 16.6. The zero-order chi connectivity index (χ0) is 29.6. The number of amides is 1. The zero-order valence-corrected chi connectivity index (χ0v) is 26.3. The van der Waals surface area contributed by atoms with Gasteiger partial charge < -0.3 is 20.0 Å². The Bertz CT molecular complexity index is 1210. The maximum absolute atomic E-state index is 12.7. The minimum Gasteiger partial charge on any atom is -0.393 e. The number of benzene rings is 1. The highest BCUT2D eigenvalue weighted by molar-refractivity contribution is 5.96. The highest BCUT2D eigenvalue weighted by atomic mass is 16.6. The Morgan fingerprint density at radius 2 is 1.83 bits per heavy atom. The lowest BCUT2D eigenvalue weighted by Gasteiger charge is -2.57. The Labute approximate surface area is 252 Å². The number of allylic oxidation sites excluding steroid dienone is 2. The molecule has 0 radical (unpaired) electrons. The van der Waals surface area contributed by atoms with Crippen molar-refractivity contribution < 1.29 is 19.5 Å². The van der Waals surface area contributed by atoms with Crippen molar-refractivity contribution in [3.8, 4) is 0 Å². The molecule has 0 bridgehead atoms. The summed E-state index contributed by atoms with van der Waals surface area (Å²) in [5, 5.41) is 18.3. The van der Waals surface area contributed by atoms with E-state index in [1.807, 2.05) is 0 Å². The number of rotatable bonds is 7. The van der Waals surface area contributed by atoms with Crippen LogP contribution in [-0.2, 0) is 19.8 Å². The smallest absolute Gasteiger partial charge is 0.260 e. The van der Waals surface area contributed by atoms with E-state index in [2.05, 4.69) is 74.6 Å². The van der Waals surface area contributed by atoms with Crippen LogP contribution in [0.2, 0.25) is 0 Å². The molecule has 4 aliphatic carbocycles. The second-order valence-electron chi connectivity index (χ2n) is 15.3. The number of hydrogen-bond donors (Lipinski definition) is 2. The predicted octanol–water partition coefficient (Wildman–Crippen LogP) is 6.72. The molecule has 230 valence electrons. The summed E-state index contributed by atoms with van der Waals surface area (Å²) in [4.78, 5) is 18.3. The van der Waals surface area contributed by atoms with Gasteiger partial charge in [-0.25, -0.2) is 0 Å². The topological polar surface area (TPSA) is 80.2 Å². The fourth-order valence-electron chi connectivity index (χ4n) is 10.2. The summed E-state index contributed by atoms with van der Waals surface area (Å²) in [6.45, 7) is 10.4. The van der Waals surface area contributed by atoms with Crippen molar-refractivity contribution >= 4 is 11.6 Å². The minimum absolute atomic E-state index is 0.00810. The van der Waals surface area contributed by atoms with Gasteiger partial charge in [-0.15, -0.1) is 0 Å². The molecule has 0 spiro atoms. The number of oxime groups is 1. The second kappa shape index (κ2) is 11.4. The molecule has 42 heavy (non-hydrogen) atoms. The summed E-state index contributed by atoms with van der Waals surface area (Å²) in [6, 6.07) is 10.7. The van der Waals surface area contributed by atoms with Crippen LogP contribution in [0.3, 0.4) is 0 Å². The summed E-state index contributed by atoms with van der Waals surface area (Å²) >= 11 is 0. The molecule has 1 aromatic carbocycles. The van der Waals surface area contributed by atoms with Gasteiger partial charge in [-0.2, -0.15) is 0 Å². The molecule has 0 unspecified atom stereocenters. The zero-order valence-electron chi connectivity index (χ0n) is 26.3. The molecular weight excluding hydrogens is 524 g/mol. The third kappa shape index (κ3) is 5.47. The van der Waals surface area contributed by atoms with Gasteiger partial charge in [0.05, 0.1) is 17.4 Å². The van der Waals surface area contributed by atoms with Gasteiger partial charge in [0.25, 0.3) is 5.91 Å². The highest BCUT2D eigenvalue weighted by Crippen LogP contribution is 2.65. The standard InChI is InChI=1S/C36H52N2O4/c1-33(2)24-36(19-21-41-33,25-8-6-5-7-9-25)18-20-37-32(40)23-42-38-27-14-16-34(3)26(22-27)10-11-28-29-12-13-31(39)35(29,4)17-15-30(28)34/h5-9,22,28-31,39H,10-21,23-24H2,1-4H3,(H,37,40)/t28-,29+,30+,31+,34+,35+,36-/m1/s1. The van der Waals surface area contributed by atoms with E-state index in [4.69, 9.17) is 9.57 Å². The molecule has 1 aliphatic heterocycles. The van der Waals surface area contributed by atoms with Crippen LogP contribution in [0, 0.1) is 28.6 Å². The Kier molecular flexibility index (Phi) is 8.10. The minimum atomic E-state index is -0.183. The number of fused-ring (bicyclic) bond motifs is 5. The normalized spacial score (nSPS) is 39.9. The van der Waals surface area contributed by atoms with Gasteiger partial charge >= 0.3 is 0 Å². The number of carbonyl (C=O) groups is 1. The molecule has 3 saturated carbocycles. The van der Waals surface area contributed by atoms with Gasteiger partial charge in [-0.1, -0.05) is 54.9 Å². The molecule has 1 amide bonds. The van der Waals surface area contributed by atoms with Crippen molar-refractivity contribution in [2.45, 2.75) is 115 Å². The Morgan fingerprint density at radius 1 is 1.02 bits per heavy atom. The largest absolute Gasteiger partial charge is 0.393 e. The van der Waals surface area contributed by atoms with Crippen molar-refractivity contribution in [2.24, 2.45) is 33.7 Å². The van der Waals surface area contributed by atoms with E-state index in [0.29, 0.717) is 18.4 Å². The van der Waals surface area contributed by atoms with Crippen molar-refractivity contribution in [3.05, 3.63) is 47.5 Å². The van der Waals surface area contributed by atoms with Crippen LogP contribution in [-0.4, -0.2) is 48.2 Å². The fourth-order valence-corrected chi connectivity index (χ4v) is 10.2. The van der Waals surface area contributed by atoms with Crippen LogP contribution in [0.1, 0.15) is 104 Å². The third-order valence-corrected chi connectivity index (χ3v) is 12.5. The van der Waals surface area contributed by atoms with Crippen molar-refractivity contribution in [3.63, 3.8) is 0 Å². The third-order valence-electron chi connectivity index (χ3n) is 12.5. The van der Waals surface area contributed by atoms with Crippen LogP contribution in [0.4, 0.5) is 0 Å². The molecule has 5 aliphatic rings. The first-order valence-corrected chi connectivity index (χ1v) is 16.6. The average molecular weight is 577 g/mol. The molecule has 6 nitrogen and oxygen atoms in total. The monoisotopic (exact) mass is 576 g/mol. The number of nitrogens with zero attached hydrogens (tertiary/aromatic N) is 1. The Balaban J connectivity index is 1.02. The SMILES string of the molecule is CC1(C)C[C@](CCNC(=O)CON=C2C=C3CC[C@@H]4[C@@H]5CC[C@H](O)[C@@]5(C)CC[C@@H]4[C@@]3(C)CC2)(c2ccccc2)CCO1. The molecule has 0 aromatic heterocycles. The summed E-state index contributed by atoms with van der Waals surface area (Å²) in [6.07, 6.45) is 13.8. The Morgan fingerprint density at radius 3 is 2.62 bits per heavy atom. The van der Waals surface area contributed by atoms with E-state index in [-0.39, 0.29) is 40.5 Å². The number of ether oxygens (including phenoxy) is 1. The summed E-state index contributed by atoms with van der Waals surface area (Å²) in [5.41, 5.74) is 3.98. The molecule has 6 rings (SSSR count). The number of aliphatic hydroxyl groups excluding tert-OH is 1. The van der Waals surface area contributed by atoms with Gasteiger partial charge in [0.1, 0.15) is 0 Å². The number of hydrogen-bond acceptors (Lipinski definition) is 5. The van der Waals surface area contributed by atoms with Gasteiger partial charge in [0, 0.05) is 18.6 Å². The molecular formula is C36H52N2O4. The van der Waals surface area contributed by atoms with E-state index in [0.717, 1.165) is 69.6 Å². The number of aliphatic hydroxyl groups is 1. The van der Waals surface area contributed by atoms with Crippen molar-refractivity contribution in [1.82, 2.24) is 5.32 Å². The molecule has 1 heterocycles. The predicted molar refractivity (Wildman–Crippen MR) is 166 cm³/mol. The quantitative estimate of drug-likeness (QED) is 0.353. The fraction of sp³-hybridized carbons (Fsp3) is 0.722. The lowest BCUT2D eigenvalue weighted by atomic mass is 9.47. The van der Waals surface area contributed by atoms with Gasteiger partial charge in [0.15, 0.2) is 6.61 Å². The van der Waals surface area contributed by atoms with Crippen molar-refractivity contribution in [1.29, 1.82) is 0 Å². The first-order chi connectivity index (χ1) is 20.0. The first kappa shape index (κ1) is 29.9. The summed E-state index contributed by atoms with van der Waals surface area (Å²) in [5.74, 6) is 1.98. The number of carbonyl (C=O) groups excluding carboxylic acids is 1. The van der Waals surface area contributed by atoms with Crippen LogP contribution < -0.4 is 5.32 Å². The van der Waals surface area contributed by atoms with Gasteiger partial charge in [-0.3, -0.25) is 4.79 Å². The molecule has 1 saturated heterocycles. The van der Waals surface area contributed by atoms with Crippen molar-refractivity contribution in [2.75, 3.05) is 19.8 Å². The lowest BCUT2D eigenvalue weighted by molar-refractivity contribution is -0.125. The van der Waals surface area contributed by atoms with Crippen LogP contribution in [0.5, 0.6) is 0 Å². The van der Waals surface area contributed by atoms with E-state index in [1.54, 1.807) is 0 Å². The Hall–Kier alpha value is -2.18. The van der Waals surface area contributed by atoms with E-state index < -0.39 is 0 Å². The van der Waals surface area contributed by atoms with E-state index >= 15 is 0 Å². The molecule has 6 heteroatoms. The molecule has 7 atom stereocenters. The molecule has 4 fully saturated rings. The van der Waals surface area contributed by atoms with Crippen LogP contribution in [0.25, 0.3) is 0 Å². The highest BCUT2D eigenvalue weighted by Gasteiger charge is 2.58. The van der Waals surface area contributed by atoms with Crippen LogP contribution >= 0.6 is 0 Å². The maximum atomic E-state index is 12.7.